The molecule has 0 bridgehead atoms. The molecule has 5 nitrogen and oxygen atoms in total. The maximum Gasteiger partial charge on any atom is 0.250 e. The molecule has 0 aliphatic rings. The molecule has 0 saturated carbocycles. The summed E-state index contributed by atoms with van der Waals surface area (Å²) in [5, 5.41) is 5.51. The molecule has 0 unspecified atom stereocenters. The highest BCUT2D eigenvalue weighted by Crippen LogP contribution is 2.13. The second-order valence-electron chi connectivity index (χ2n) is 3.24. The summed E-state index contributed by atoms with van der Waals surface area (Å²) in [7, 11) is 0. The van der Waals surface area contributed by atoms with Crippen molar-refractivity contribution in [2.24, 2.45) is 5.73 Å². The summed E-state index contributed by atoms with van der Waals surface area (Å²) in [6, 6.07) is 6.64. The normalized spacial score (nSPS) is 9.81. The third-order valence-electron chi connectivity index (χ3n) is 2.00. The van der Waals surface area contributed by atoms with Gasteiger partial charge in [-0.3, -0.25) is 9.59 Å². The van der Waals surface area contributed by atoms with Crippen molar-refractivity contribution in [3.63, 3.8) is 0 Å². The lowest BCUT2D eigenvalue weighted by molar-refractivity contribution is -0.115. The molecule has 0 atom stereocenters. The van der Waals surface area contributed by atoms with E-state index in [1.807, 2.05) is 6.92 Å². The first kappa shape index (κ1) is 12.2. The molecule has 2 amide bonds. The first-order chi connectivity index (χ1) is 7.65. The Bertz CT molecular complexity index is 391. The third-order valence-corrected chi connectivity index (χ3v) is 2.00. The molecule has 1 rings (SSSR count). The quantitative estimate of drug-likeness (QED) is 0.670. The Morgan fingerprint density at radius 3 is 2.62 bits per heavy atom. The van der Waals surface area contributed by atoms with E-state index >= 15 is 0 Å². The van der Waals surface area contributed by atoms with E-state index in [0.29, 0.717) is 17.8 Å². The van der Waals surface area contributed by atoms with E-state index < -0.39 is 5.91 Å². The van der Waals surface area contributed by atoms with E-state index in [4.69, 9.17) is 5.73 Å². The summed E-state index contributed by atoms with van der Waals surface area (Å²) in [5.41, 5.74) is 5.94. The van der Waals surface area contributed by atoms with Crippen LogP contribution < -0.4 is 16.4 Å². The second-order valence-corrected chi connectivity index (χ2v) is 3.24. The van der Waals surface area contributed by atoms with Gasteiger partial charge in [-0.05, 0) is 18.7 Å². The molecule has 16 heavy (non-hydrogen) atoms. The minimum absolute atomic E-state index is 0.199. The van der Waals surface area contributed by atoms with E-state index in [2.05, 4.69) is 10.6 Å². The number of hydrogen-bond acceptors (Lipinski definition) is 3. The van der Waals surface area contributed by atoms with Crippen LogP contribution in [0.2, 0.25) is 0 Å². The van der Waals surface area contributed by atoms with Crippen molar-refractivity contribution in [1.29, 1.82) is 0 Å². The van der Waals surface area contributed by atoms with Crippen molar-refractivity contribution < 1.29 is 9.59 Å². The average molecular weight is 221 g/mol. The molecule has 0 spiro atoms. The van der Waals surface area contributed by atoms with Gasteiger partial charge in [-0.25, -0.2) is 0 Å². The number of carbonyl (C=O) groups is 2. The molecule has 4 N–H and O–H groups in total. The lowest BCUT2D eigenvalue weighted by atomic mass is 10.1. The molecular formula is C11H15N3O2. The first-order valence-electron chi connectivity index (χ1n) is 5.04. The number of amides is 2. The molecule has 0 saturated heterocycles. The van der Waals surface area contributed by atoms with E-state index in [9.17, 15) is 9.59 Å². The SMILES string of the molecule is CCNCC(=O)Nc1ccccc1C(N)=O. The summed E-state index contributed by atoms with van der Waals surface area (Å²) >= 11 is 0. The Kier molecular flexibility index (Phi) is 4.47. The number of para-hydroxylation sites is 1. The van der Waals surface area contributed by atoms with Crippen LogP contribution in [0.3, 0.4) is 0 Å². The number of hydrogen-bond donors (Lipinski definition) is 3. The number of primary amides is 1. The van der Waals surface area contributed by atoms with Crippen molar-refractivity contribution in [1.82, 2.24) is 5.32 Å². The lowest BCUT2D eigenvalue weighted by Gasteiger charge is -2.08. The van der Waals surface area contributed by atoms with Crippen LogP contribution in [0.15, 0.2) is 24.3 Å². The van der Waals surface area contributed by atoms with Crippen molar-refractivity contribution in [2.75, 3.05) is 18.4 Å². The highest BCUT2D eigenvalue weighted by molar-refractivity contribution is 6.03. The highest BCUT2D eigenvalue weighted by Gasteiger charge is 2.09. The maximum atomic E-state index is 11.4. The zero-order valence-corrected chi connectivity index (χ0v) is 9.12. The van der Waals surface area contributed by atoms with Crippen LogP contribution in [0.4, 0.5) is 5.69 Å². The molecule has 1 aromatic rings. The van der Waals surface area contributed by atoms with Gasteiger partial charge < -0.3 is 16.4 Å². The van der Waals surface area contributed by atoms with Gasteiger partial charge in [0.1, 0.15) is 0 Å². The summed E-state index contributed by atoms with van der Waals surface area (Å²) < 4.78 is 0. The van der Waals surface area contributed by atoms with Crippen LogP contribution in [0.25, 0.3) is 0 Å². The number of likely N-dealkylation sites (N-methyl/N-ethyl adjacent to an activating group) is 1. The van der Waals surface area contributed by atoms with Crippen molar-refractivity contribution in [2.45, 2.75) is 6.92 Å². The maximum absolute atomic E-state index is 11.4. The van der Waals surface area contributed by atoms with Gasteiger partial charge in [0.05, 0.1) is 17.8 Å². The van der Waals surface area contributed by atoms with Gasteiger partial charge in [0.25, 0.3) is 5.91 Å². The summed E-state index contributed by atoms with van der Waals surface area (Å²) in [6.45, 7) is 2.83. The van der Waals surface area contributed by atoms with Crippen LogP contribution in [-0.2, 0) is 4.79 Å². The molecule has 0 aliphatic carbocycles. The molecule has 0 heterocycles. The Hall–Kier alpha value is -1.88. The van der Waals surface area contributed by atoms with E-state index in [1.54, 1.807) is 24.3 Å². The number of anilines is 1. The summed E-state index contributed by atoms with van der Waals surface area (Å²) in [6.07, 6.45) is 0. The van der Waals surface area contributed by atoms with Gasteiger partial charge in [-0.2, -0.15) is 0 Å². The molecule has 0 aliphatic heterocycles. The number of carbonyl (C=O) groups excluding carboxylic acids is 2. The Morgan fingerprint density at radius 2 is 2.00 bits per heavy atom. The zero-order valence-electron chi connectivity index (χ0n) is 9.12. The van der Waals surface area contributed by atoms with E-state index in [1.165, 1.54) is 0 Å². The fraction of sp³-hybridized carbons (Fsp3) is 0.273. The van der Waals surface area contributed by atoms with Gasteiger partial charge in [-0.15, -0.1) is 0 Å². The minimum Gasteiger partial charge on any atom is -0.366 e. The Balaban J connectivity index is 2.73. The summed E-state index contributed by atoms with van der Waals surface area (Å²) in [5.74, 6) is -0.755. The molecule has 1 aromatic carbocycles. The fourth-order valence-corrected chi connectivity index (χ4v) is 1.24. The minimum atomic E-state index is -0.556. The molecule has 0 radical (unpaired) electrons. The Labute approximate surface area is 94.0 Å². The largest absolute Gasteiger partial charge is 0.366 e. The molecule has 0 aromatic heterocycles. The van der Waals surface area contributed by atoms with Crippen LogP contribution >= 0.6 is 0 Å². The standard InChI is InChI=1S/C11H15N3O2/c1-2-13-7-10(15)14-9-6-4-3-5-8(9)11(12)16/h3-6,13H,2,7H2,1H3,(H2,12,16)(H,14,15). The van der Waals surface area contributed by atoms with Crippen LogP contribution in [0.5, 0.6) is 0 Å². The van der Waals surface area contributed by atoms with Gasteiger partial charge in [0, 0.05) is 0 Å². The average Bonchev–Trinajstić information content (AvgIpc) is 2.27. The monoisotopic (exact) mass is 221 g/mol. The molecule has 0 fully saturated rings. The topological polar surface area (TPSA) is 84.2 Å². The predicted molar refractivity (Wildman–Crippen MR) is 62.1 cm³/mol. The number of nitrogens with one attached hydrogen (secondary N) is 2. The molecular weight excluding hydrogens is 206 g/mol. The zero-order chi connectivity index (χ0) is 12.0. The smallest absolute Gasteiger partial charge is 0.250 e. The van der Waals surface area contributed by atoms with Gasteiger partial charge in [-0.1, -0.05) is 19.1 Å². The van der Waals surface area contributed by atoms with E-state index in [0.717, 1.165) is 0 Å². The first-order valence-corrected chi connectivity index (χ1v) is 5.04. The van der Waals surface area contributed by atoms with E-state index in [-0.39, 0.29) is 12.5 Å². The van der Waals surface area contributed by atoms with Crippen LogP contribution in [-0.4, -0.2) is 24.9 Å². The van der Waals surface area contributed by atoms with Crippen LogP contribution in [0, 0.1) is 0 Å². The molecule has 86 valence electrons. The summed E-state index contributed by atoms with van der Waals surface area (Å²) in [4.78, 5) is 22.5. The van der Waals surface area contributed by atoms with Crippen molar-refractivity contribution >= 4 is 17.5 Å². The molecule has 5 heteroatoms. The number of benzene rings is 1. The fourth-order valence-electron chi connectivity index (χ4n) is 1.24. The second kappa shape index (κ2) is 5.87. The van der Waals surface area contributed by atoms with Gasteiger partial charge >= 0.3 is 0 Å². The van der Waals surface area contributed by atoms with Gasteiger partial charge in [0.15, 0.2) is 0 Å². The Morgan fingerprint density at radius 1 is 1.31 bits per heavy atom. The third kappa shape index (κ3) is 3.36. The van der Waals surface area contributed by atoms with Crippen molar-refractivity contribution in [3.05, 3.63) is 29.8 Å². The predicted octanol–water partition coefficient (Wildman–Crippen LogP) is 0.333. The lowest BCUT2D eigenvalue weighted by Crippen LogP contribution is -2.28. The van der Waals surface area contributed by atoms with Crippen molar-refractivity contribution in [3.8, 4) is 0 Å². The number of rotatable bonds is 5. The van der Waals surface area contributed by atoms with Crippen LogP contribution in [0.1, 0.15) is 17.3 Å². The van der Waals surface area contributed by atoms with Gasteiger partial charge in [0.2, 0.25) is 5.91 Å². The highest BCUT2D eigenvalue weighted by atomic mass is 16.2. The number of nitrogens with two attached hydrogens (primary N) is 1.